The predicted molar refractivity (Wildman–Crippen MR) is 150 cm³/mol. The van der Waals surface area contributed by atoms with Gasteiger partial charge < -0.3 is 10.2 Å². The highest BCUT2D eigenvalue weighted by atomic mass is 127. The second-order valence-electron chi connectivity index (χ2n) is 8.38. The molecule has 0 aliphatic heterocycles. The van der Waals surface area contributed by atoms with Crippen LogP contribution in [0.5, 0.6) is 0 Å². The van der Waals surface area contributed by atoms with E-state index in [1.54, 1.807) is 55.5 Å². The van der Waals surface area contributed by atoms with Crippen LogP contribution in [0.15, 0.2) is 83.8 Å². The summed E-state index contributed by atoms with van der Waals surface area (Å²) in [5, 5.41) is 2.76. The van der Waals surface area contributed by atoms with E-state index in [-0.39, 0.29) is 17.0 Å². The molecule has 7 nitrogen and oxygen atoms in total. The van der Waals surface area contributed by atoms with Crippen LogP contribution in [0, 0.1) is 9.39 Å². The maximum absolute atomic E-state index is 14.5. The van der Waals surface area contributed by atoms with Gasteiger partial charge in [0.1, 0.15) is 18.4 Å². The third kappa shape index (κ3) is 7.29. The third-order valence-corrected chi connectivity index (χ3v) is 8.25. The zero-order valence-corrected chi connectivity index (χ0v) is 23.6. The van der Waals surface area contributed by atoms with Gasteiger partial charge in [0.05, 0.1) is 10.6 Å². The average molecular weight is 638 g/mol. The lowest BCUT2D eigenvalue weighted by molar-refractivity contribution is -0.139. The van der Waals surface area contributed by atoms with E-state index < -0.39 is 40.2 Å². The van der Waals surface area contributed by atoms with Crippen molar-refractivity contribution in [2.24, 2.45) is 0 Å². The Balaban J connectivity index is 2.01. The Morgan fingerprint density at radius 1 is 0.973 bits per heavy atom. The Hall–Kier alpha value is -2.99. The quantitative estimate of drug-likeness (QED) is 0.313. The van der Waals surface area contributed by atoms with Crippen molar-refractivity contribution in [1.29, 1.82) is 0 Å². The van der Waals surface area contributed by atoms with Crippen molar-refractivity contribution in [2.45, 2.75) is 37.8 Å². The van der Waals surface area contributed by atoms with Crippen LogP contribution in [0.3, 0.4) is 0 Å². The summed E-state index contributed by atoms with van der Waals surface area (Å²) in [6, 6.07) is 19.6. The zero-order chi connectivity index (χ0) is 27.0. The minimum atomic E-state index is -4.13. The van der Waals surface area contributed by atoms with Crippen LogP contribution in [-0.2, 0) is 26.2 Å². The summed E-state index contributed by atoms with van der Waals surface area (Å²) >= 11 is 2.11. The highest BCUT2D eigenvalue weighted by Crippen LogP contribution is 2.25. The van der Waals surface area contributed by atoms with Gasteiger partial charge in [-0.25, -0.2) is 12.8 Å². The number of nitrogens with zero attached hydrogens (tertiary/aromatic N) is 2. The second-order valence-corrected chi connectivity index (χ2v) is 11.5. The Morgan fingerprint density at radius 3 is 2.22 bits per heavy atom. The molecule has 1 atom stereocenters. The largest absolute Gasteiger partial charge is 0.354 e. The van der Waals surface area contributed by atoms with Crippen LogP contribution in [0.2, 0.25) is 0 Å². The zero-order valence-electron chi connectivity index (χ0n) is 20.6. The van der Waals surface area contributed by atoms with Gasteiger partial charge in [-0.15, -0.1) is 0 Å². The van der Waals surface area contributed by atoms with E-state index in [9.17, 15) is 22.4 Å². The molecule has 3 aromatic carbocycles. The number of amides is 2. The highest BCUT2D eigenvalue weighted by Gasteiger charge is 2.32. The van der Waals surface area contributed by atoms with Crippen molar-refractivity contribution >= 4 is 50.1 Å². The van der Waals surface area contributed by atoms with Crippen LogP contribution < -0.4 is 9.62 Å². The number of hydrogen-bond donors (Lipinski definition) is 1. The second kappa shape index (κ2) is 13.0. The molecule has 0 aliphatic rings. The smallest absolute Gasteiger partial charge is 0.264 e. The molecule has 0 fully saturated rings. The van der Waals surface area contributed by atoms with Crippen LogP contribution in [0.1, 0.15) is 25.8 Å². The fourth-order valence-electron chi connectivity index (χ4n) is 3.64. The molecule has 0 spiro atoms. The van der Waals surface area contributed by atoms with Gasteiger partial charge in [0.25, 0.3) is 10.0 Å². The minimum Gasteiger partial charge on any atom is -0.354 e. The summed E-state index contributed by atoms with van der Waals surface area (Å²) in [7, 11) is -4.13. The number of carbonyl (C=O) groups excluding carboxylic acids is 2. The molecule has 196 valence electrons. The lowest BCUT2D eigenvalue weighted by Crippen LogP contribution is -2.51. The molecule has 3 rings (SSSR count). The SMILES string of the molecule is CCCNC(=O)[C@H](C)N(Cc1ccccc1F)C(=O)CN(c1ccc(I)cc1)S(=O)(=O)c1ccccc1. The van der Waals surface area contributed by atoms with E-state index in [0.717, 1.165) is 7.88 Å². The Bertz CT molecular complexity index is 1320. The van der Waals surface area contributed by atoms with E-state index in [2.05, 4.69) is 27.9 Å². The van der Waals surface area contributed by atoms with Crippen molar-refractivity contribution in [3.8, 4) is 0 Å². The predicted octanol–water partition coefficient (Wildman–Crippen LogP) is 4.57. The molecule has 0 saturated heterocycles. The van der Waals surface area contributed by atoms with E-state index in [1.165, 1.54) is 35.2 Å². The molecular formula is C27H29FIN3O4S. The summed E-state index contributed by atoms with van der Waals surface area (Å²) in [4.78, 5) is 27.8. The van der Waals surface area contributed by atoms with Crippen molar-refractivity contribution < 1.29 is 22.4 Å². The maximum Gasteiger partial charge on any atom is 0.264 e. The van der Waals surface area contributed by atoms with Crippen molar-refractivity contribution in [3.63, 3.8) is 0 Å². The first kappa shape index (κ1) is 28.6. The first-order valence-electron chi connectivity index (χ1n) is 11.8. The molecule has 0 aromatic heterocycles. The van der Waals surface area contributed by atoms with Gasteiger partial charge in [0.15, 0.2) is 0 Å². The van der Waals surface area contributed by atoms with Gasteiger partial charge in [0, 0.05) is 22.2 Å². The molecule has 2 amide bonds. The standard InChI is InChI=1S/C27H29FIN3O4S/c1-3-17-30-27(34)20(2)31(18-21-9-7-8-12-25(21)28)26(33)19-32(23-15-13-22(29)14-16-23)37(35,36)24-10-5-4-6-11-24/h4-16,20H,3,17-19H2,1-2H3,(H,30,34)/t20-/m0/s1. The maximum atomic E-state index is 14.5. The Kier molecular flexibility index (Phi) is 10.0. The van der Waals surface area contributed by atoms with E-state index in [0.29, 0.717) is 18.7 Å². The van der Waals surface area contributed by atoms with E-state index in [1.807, 2.05) is 6.92 Å². The Labute approximate surface area is 230 Å². The number of hydrogen-bond acceptors (Lipinski definition) is 4. The topological polar surface area (TPSA) is 86.8 Å². The summed E-state index contributed by atoms with van der Waals surface area (Å²) in [6.07, 6.45) is 0.704. The van der Waals surface area contributed by atoms with Gasteiger partial charge in [0.2, 0.25) is 11.8 Å². The normalized spacial score (nSPS) is 12.0. The first-order valence-corrected chi connectivity index (χ1v) is 14.3. The number of benzene rings is 3. The van der Waals surface area contributed by atoms with Crippen molar-refractivity contribution in [1.82, 2.24) is 10.2 Å². The summed E-state index contributed by atoms with van der Waals surface area (Å²) in [6.45, 7) is 3.10. The number of sulfonamides is 1. The molecule has 37 heavy (non-hydrogen) atoms. The molecule has 10 heteroatoms. The minimum absolute atomic E-state index is 0.0238. The number of anilines is 1. The van der Waals surface area contributed by atoms with Crippen molar-refractivity contribution in [2.75, 3.05) is 17.4 Å². The van der Waals surface area contributed by atoms with Gasteiger partial charge in [-0.05, 0) is 78.4 Å². The summed E-state index contributed by atoms with van der Waals surface area (Å²) in [5.74, 6) is -1.56. The third-order valence-electron chi connectivity index (χ3n) is 5.74. The van der Waals surface area contributed by atoms with Crippen LogP contribution >= 0.6 is 22.6 Å². The highest BCUT2D eigenvalue weighted by molar-refractivity contribution is 14.1. The van der Waals surface area contributed by atoms with Gasteiger partial charge in [-0.3, -0.25) is 13.9 Å². The Morgan fingerprint density at radius 2 is 1.59 bits per heavy atom. The molecule has 0 unspecified atom stereocenters. The monoisotopic (exact) mass is 637 g/mol. The fraction of sp³-hybridized carbons (Fsp3) is 0.259. The van der Waals surface area contributed by atoms with Gasteiger partial charge in [-0.2, -0.15) is 0 Å². The van der Waals surface area contributed by atoms with Crippen LogP contribution in [0.4, 0.5) is 10.1 Å². The molecule has 0 heterocycles. The molecule has 0 bridgehead atoms. The molecular weight excluding hydrogens is 608 g/mol. The molecule has 1 N–H and O–H groups in total. The van der Waals surface area contributed by atoms with Crippen molar-refractivity contribution in [3.05, 3.63) is 93.8 Å². The van der Waals surface area contributed by atoms with Crippen LogP contribution in [0.25, 0.3) is 0 Å². The lowest BCUT2D eigenvalue weighted by Gasteiger charge is -2.32. The van der Waals surface area contributed by atoms with E-state index in [4.69, 9.17) is 0 Å². The van der Waals surface area contributed by atoms with Gasteiger partial charge in [-0.1, -0.05) is 43.3 Å². The number of rotatable bonds is 11. The number of nitrogens with one attached hydrogen (secondary N) is 1. The molecule has 0 saturated carbocycles. The van der Waals surface area contributed by atoms with Gasteiger partial charge >= 0.3 is 0 Å². The number of halogens is 2. The summed E-state index contributed by atoms with van der Waals surface area (Å²) < 4.78 is 43.7. The fourth-order valence-corrected chi connectivity index (χ4v) is 5.44. The average Bonchev–Trinajstić information content (AvgIpc) is 2.90. The first-order chi connectivity index (χ1) is 17.6. The van der Waals surface area contributed by atoms with Crippen LogP contribution in [-0.4, -0.2) is 44.3 Å². The molecule has 0 aliphatic carbocycles. The summed E-state index contributed by atoms with van der Waals surface area (Å²) in [5.41, 5.74) is 0.518. The number of carbonyl (C=O) groups is 2. The molecule has 0 radical (unpaired) electrons. The lowest BCUT2D eigenvalue weighted by atomic mass is 10.1. The van der Waals surface area contributed by atoms with E-state index >= 15 is 0 Å². The molecule has 3 aromatic rings.